The summed E-state index contributed by atoms with van der Waals surface area (Å²) in [6.45, 7) is 0. The number of quaternary nitrogens is 1. The van der Waals surface area contributed by atoms with Crippen molar-refractivity contribution in [1.82, 2.24) is 5.43 Å². The van der Waals surface area contributed by atoms with E-state index in [1.165, 1.54) is 21.9 Å². The van der Waals surface area contributed by atoms with E-state index in [9.17, 15) is 0 Å². The van der Waals surface area contributed by atoms with Gasteiger partial charge in [-0.2, -0.15) is 21.9 Å². The average Bonchev–Trinajstić information content (AvgIpc) is 3.64. The summed E-state index contributed by atoms with van der Waals surface area (Å²) in [7, 11) is 0. The number of amidine groups is 1. The second-order valence-electron chi connectivity index (χ2n) is 11.8. The molecule has 0 saturated heterocycles. The van der Waals surface area contributed by atoms with Crippen molar-refractivity contribution in [3.05, 3.63) is 218 Å². The van der Waals surface area contributed by atoms with E-state index in [0.717, 1.165) is 27.9 Å². The molecule has 0 spiro atoms. The van der Waals surface area contributed by atoms with Gasteiger partial charge in [-0.3, -0.25) is 0 Å². The number of hydrazine groups is 1. The van der Waals surface area contributed by atoms with Gasteiger partial charge in [-0.15, -0.1) is 0 Å². The number of para-hydroxylation sites is 1. The molecule has 48 heavy (non-hydrogen) atoms. The molecule has 7 aromatic carbocycles. The second kappa shape index (κ2) is 14.5. The van der Waals surface area contributed by atoms with E-state index in [2.05, 4.69) is 163 Å². The van der Waals surface area contributed by atoms with Crippen LogP contribution in [0.25, 0.3) is 0 Å². The van der Waals surface area contributed by atoms with Gasteiger partial charge >= 0.3 is 0 Å². The van der Waals surface area contributed by atoms with Crippen molar-refractivity contribution >= 4 is 45.2 Å². The molecule has 8 rings (SSSR count). The van der Waals surface area contributed by atoms with Gasteiger partial charge in [-0.05, 0) is 17.2 Å². The van der Waals surface area contributed by atoms with Crippen LogP contribution in [0.4, 0.5) is 11.4 Å². The van der Waals surface area contributed by atoms with Crippen molar-refractivity contribution in [2.45, 2.75) is 0 Å². The predicted octanol–water partition coefficient (Wildman–Crippen LogP) is 5.57. The molecule has 7 aromatic rings. The molecule has 5 heteroatoms. The van der Waals surface area contributed by atoms with E-state index in [4.69, 9.17) is 5.10 Å². The fourth-order valence-electron chi connectivity index (χ4n) is 6.73. The normalized spacial score (nSPS) is 13.9. The Hall–Kier alpha value is -6.17. The Morgan fingerprint density at radius 2 is 0.729 bits per heavy atom. The summed E-state index contributed by atoms with van der Waals surface area (Å²) in [5.41, 5.74) is 12.0. The third-order valence-electron chi connectivity index (χ3n) is 8.94. The first-order valence-corrected chi connectivity index (χ1v) is 16.4. The number of benzene rings is 7. The number of nitrogens with one attached hydrogen (secondary N) is 2. The Morgan fingerprint density at radius 3 is 1.12 bits per heavy atom. The predicted molar refractivity (Wildman–Crippen MR) is 202 cm³/mol. The van der Waals surface area contributed by atoms with Crippen LogP contribution in [0.2, 0.25) is 0 Å². The van der Waals surface area contributed by atoms with Crippen LogP contribution in [0, 0.1) is 0 Å². The van der Waals surface area contributed by atoms with Crippen LogP contribution in [0.3, 0.4) is 0 Å². The minimum Gasteiger partial charge on any atom is -0.229 e. The lowest BCUT2D eigenvalue weighted by atomic mass is 9.13. The van der Waals surface area contributed by atoms with E-state index in [-0.39, 0.29) is 0 Å². The zero-order valence-corrected chi connectivity index (χ0v) is 26.7. The van der Waals surface area contributed by atoms with Gasteiger partial charge in [0.2, 0.25) is 5.84 Å². The zero-order valence-electron chi connectivity index (χ0n) is 26.7. The number of hydrogen-bond donors (Lipinski definition) is 2. The SMILES string of the molecule is c1ccc(C2=N[NH+](c3ccccc3)N(c3ccccc3)N2)cc1.c1ccc([B-](c2ccccc2)(c2ccccc2)c2ccccc2)cc1. The van der Waals surface area contributed by atoms with Crippen molar-refractivity contribution in [2.24, 2.45) is 5.10 Å². The van der Waals surface area contributed by atoms with E-state index in [1.54, 1.807) is 0 Å². The topological polar surface area (TPSA) is 32.1 Å². The standard InChI is InChI=1S/C24H20B.C19H16N4/c1-5-13-21(14-6-1)25(22-15-7-2-8-16-22,23-17-9-3-10-18-23)24-19-11-4-12-20-24;1-4-10-16(11-5-1)19-20-22(17-12-6-2-7-13-17)23(21-19)18-14-8-3-9-15-18/h1-20H;1-15H,(H,20,21)/q-1;/p+1. The van der Waals surface area contributed by atoms with Crippen molar-refractivity contribution in [3.63, 3.8) is 0 Å². The lowest BCUT2D eigenvalue weighted by Gasteiger charge is -2.44. The molecule has 0 saturated carbocycles. The number of anilines is 1. The minimum atomic E-state index is -1.22. The highest BCUT2D eigenvalue weighted by Crippen LogP contribution is 2.14. The first kappa shape index (κ1) is 30.5. The number of rotatable bonds is 7. The Balaban J connectivity index is 0.000000152. The maximum atomic E-state index is 4.83. The maximum Gasteiger partial charge on any atom is 0.215 e. The van der Waals surface area contributed by atoms with E-state index in [1.807, 2.05) is 59.7 Å². The summed E-state index contributed by atoms with van der Waals surface area (Å²) >= 11 is 0. The largest absolute Gasteiger partial charge is 0.229 e. The van der Waals surface area contributed by atoms with Crippen LogP contribution in [0.15, 0.2) is 217 Å². The molecule has 4 nitrogen and oxygen atoms in total. The summed E-state index contributed by atoms with van der Waals surface area (Å²) in [5, 5.41) is 7.76. The Labute approximate surface area is 283 Å². The van der Waals surface area contributed by atoms with E-state index >= 15 is 0 Å². The van der Waals surface area contributed by atoms with E-state index < -0.39 is 6.15 Å². The summed E-state index contributed by atoms with van der Waals surface area (Å²) in [4.78, 5) is 0. The molecule has 0 bridgehead atoms. The molecule has 1 atom stereocenters. The summed E-state index contributed by atoms with van der Waals surface area (Å²) < 4.78 is 0. The summed E-state index contributed by atoms with van der Waals surface area (Å²) in [6.07, 6.45) is -1.22. The molecule has 0 aliphatic carbocycles. The van der Waals surface area contributed by atoms with Crippen molar-refractivity contribution in [3.8, 4) is 0 Å². The van der Waals surface area contributed by atoms with Crippen LogP contribution in [-0.2, 0) is 0 Å². The second-order valence-corrected chi connectivity index (χ2v) is 11.8. The smallest absolute Gasteiger partial charge is 0.215 e. The molecule has 0 radical (unpaired) electrons. The molecule has 0 fully saturated rings. The van der Waals surface area contributed by atoms with Gasteiger partial charge in [0.25, 0.3) is 0 Å². The van der Waals surface area contributed by atoms with Crippen LogP contribution in [-0.4, -0.2) is 12.0 Å². The van der Waals surface area contributed by atoms with E-state index in [0.29, 0.717) is 0 Å². The minimum absolute atomic E-state index is 0.855. The highest BCUT2D eigenvalue weighted by Gasteiger charge is 2.32. The van der Waals surface area contributed by atoms with Gasteiger partial charge in [-0.1, -0.05) is 198 Å². The summed E-state index contributed by atoms with van der Waals surface area (Å²) in [5.74, 6) is 0.855. The molecular formula is C43H37BN4. The molecule has 1 aliphatic rings. The van der Waals surface area contributed by atoms with Crippen molar-refractivity contribution in [2.75, 3.05) is 5.12 Å². The van der Waals surface area contributed by atoms with Crippen LogP contribution in [0.1, 0.15) is 5.56 Å². The zero-order chi connectivity index (χ0) is 32.4. The third kappa shape index (κ3) is 6.28. The summed E-state index contributed by atoms with van der Waals surface area (Å²) in [6, 6.07) is 74.1. The molecule has 1 heterocycles. The van der Waals surface area contributed by atoms with Gasteiger partial charge in [0.1, 0.15) is 11.8 Å². The fourth-order valence-corrected chi connectivity index (χ4v) is 6.73. The van der Waals surface area contributed by atoms with Crippen molar-refractivity contribution < 1.29 is 5.12 Å². The van der Waals surface area contributed by atoms with Crippen LogP contribution >= 0.6 is 0 Å². The monoisotopic (exact) mass is 620 g/mol. The molecule has 232 valence electrons. The van der Waals surface area contributed by atoms with Gasteiger partial charge in [-0.25, -0.2) is 5.43 Å². The lowest BCUT2D eigenvalue weighted by Crippen LogP contribution is -3.10. The first-order chi connectivity index (χ1) is 23.8. The quantitative estimate of drug-likeness (QED) is 0.229. The van der Waals surface area contributed by atoms with Gasteiger partial charge in [0.15, 0.2) is 5.69 Å². The van der Waals surface area contributed by atoms with Gasteiger partial charge < -0.3 is 0 Å². The Morgan fingerprint density at radius 1 is 0.396 bits per heavy atom. The van der Waals surface area contributed by atoms with Gasteiger partial charge in [0.05, 0.1) is 0 Å². The molecule has 2 N–H and O–H groups in total. The third-order valence-corrected chi connectivity index (χ3v) is 8.94. The van der Waals surface area contributed by atoms with Crippen LogP contribution < -0.4 is 37.5 Å². The van der Waals surface area contributed by atoms with Crippen LogP contribution in [0.5, 0.6) is 0 Å². The Bertz CT molecular complexity index is 1860. The number of nitrogens with zero attached hydrogens (tertiary/aromatic N) is 2. The fraction of sp³-hybridized carbons (Fsp3) is 0. The molecule has 0 amide bonds. The highest BCUT2D eigenvalue weighted by molar-refractivity contribution is 7.19. The highest BCUT2D eigenvalue weighted by atomic mass is 15.9. The first-order valence-electron chi connectivity index (χ1n) is 16.4. The number of hydrogen-bond acceptors (Lipinski definition) is 3. The van der Waals surface area contributed by atoms with Gasteiger partial charge in [0, 0.05) is 17.7 Å². The molecule has 1 aliphatic heterocycles. The molecule has 1 unspecified atom stereocenters. The molecular weight excluding hydrogens is 583 g/mol. The van der Waals surface area contributed by atoms with Crippen molar-refractivity contribution in [1.29, 1.82) is 0 Å². The Kier molecular flexibility index (Phi) is 9.21. The lowest BCUT2D eigenvalue weighted by molar-refractivity contribution is -0.846. The molecule has 0 aromatic heterocycles. The maximum absolute atomic E-state index is 4.83. The average molecular weight is 621 g/mol.